The molecular formula is C14H26N2O4. The van der Waals surface area contributed by atoms with E-state index in [1.807, 2.05) is 13.8 Å². The number of carbonyl (C=O) groups is 2. The van der Waals surface area contributed by atoms with Crippen molar-refractivity contribution >= 4 is 11.9 Å². The molecule has 1 N–H and O–H groups in total. The number of imide groups is 1. The van der Waals surface area contributed by atoms with Gasteiger partial charge in [0.1, 0.15) is 5.54 Å². The molecular weight excluding hydrogens is 260 g/mol. The lowest BCUT2D eigenvalue weighted by Gasteiger charge is -2.24. The summed E-state index contributed by atoms with van der Waals surface area (Å²) >= 11 is 0. The summed E-state index contributed by atoms with van der Waals surface area (Å²) in [7, 11) is 0. The highest BCUT2D eigenvalue weighted by Crippen LogP contribution is 2.23. The van der Waals surface area contributed by atoms with Crippen molar-refractivity contribution in [2.45, 2.75) is 58.8 Å². The molecule has 1 rings (SSSR count). The molecule has 0 aromatic carbocycles. The highest BCUT2D eigenvalue weighted by atomic mass is 16.7. The molecule has 0 saturated carbocycles. The summed E-state index contributed by atoms with van der Waals surface area (Å²) in [6.07, 6.45) is 1.97. The summed E-state index contributed by atoms with van der Waals surface area (Å²) in [5.41, 5.74) is -0.796. The molecule has 3 amide bonds. The zero-order valence-corrected chi connectivity index (χ0v) is 12.9. The number of rotatable bonds is 9. The lowest BCUT2D eigenvalue weighted by molar-refractivity contribution is -0.153. The van der Waals surface area contributed by atoms with Crippen LogP contribution in [-0.4, -0.2) is 48.4 Å². The van der Waals surface area contributed by atoms with Crippen LogP contribution in [0.1, 0.15) is 47.0 Å². The Balaban J connectivity index is 2.70. The fourth-order valence-electron chi connectivity index (χ4n) is 2.29. The molecule has 6 heteroatoms. The zero-order chi connectivity index (χ0) is 15.2. The minimum absolute atomic E-state index is 0.133. The van der Waals surface area contributed by atoms with Crippen molar-refractivity contribution in [2.24, 2.45) is 0 Å². The maximum absolute atomic E-state index is 12.4. The van der Waals surface area contributed by atoms with Crippen molar-refractivity contribution in [3.8, 4) is 0 Å². The molecule has 116 valence electrons. The van der Waals surface area contributed by atoms with Gasteiger partial charge in [0.05, 0.1) is 6.54 Å². The molecule has 0 spiro atoms. The number of nitrogens with one attached hydrogen (secondary N) is 1. The SMILES string of the molecule is CCCCC1(C)NC(=O)N(CC(OCC)OCC)C1=O. The van der Waals surface area contributed by atoms with Gasteiger partial charge >= 0.3 is 6.03 Å². The van der Waals surface area contributed by atoms with Crippen molar-refractivity contribution in [3.05, 3.63) is 0 Å². The molecule has 20 heavy (non-hydrogen) atoms. The van der Waals surface area contributed by atoms with Gasteiger partial charge in [-0.2, -0.15) is 0 Å². The Kier molecular flexibility index (Phi) is 6.42. The average molecular weight is 286 g/mol. The number of ether oxygens (including phenoxy) is 2. The highest BCUT2D eigenvalue weighted by molar-refractivity contribution is 6.06. The summed E-state index contributed by atoms with van der Waals surface area (Å²) < 4.78 is 10.8. The minimum Gasteiger partial charge on any atom is -0.351 e. The molecule has 1 heterocycles. The second-order valence-electron chi connectivity index (χ2n) is 5.12. The molecule has 0 radical (unpaired) electrons. The molecule has 1 fully saturated rings. The smallest absolute Gasteiger partial charge is 0.325 e. The summed E-state index contributed by atoms with van der Waals surface area (Å²) in [6, 6.07) is -0.363. The van der Waals surface area contributed by atoms with Crippen LogP contribution >= 0.6 is 0 Å². The van der Waals surface area contributed by atoms with Gasteiger partial charge in [-0.25, -0.2) is 4.79 Å². The summed E-state index contributed by atoms with van der Waals surface area (Å²) in [4.78, 5) is 25.6. The Morgan fingerprint density at radius 3 is 2.30 bits per heavy atom. The van der Waals surface area contributed by atoms with E-state index in [9.17, 15) is 9.59 Å². The molecule has 0 aromatic heterocycles. The van der Waals surface area contributed by atoms with E-state index < -0.39 is 11.8 Å². The summed E-state index contributed by atoms with van der Waals surface area (Å²) in [6.45, 7) is 8.62. The Labute approximate surface area is 120 Å². The van der Waals surface area contributed by atoms with Crippen LogP contribution in [0.3, 0.4) is 0 Å². The quantitative estimate of drug-likeness (QED) is 0.519. The van der Waals surface area contributed by atoms with E-state index in [1.165, 1.54) is 4.90 Å². The molecule has 1 atom stereocenters. The van der Waals surface area contributed by atoms with Crippen molar-refractivity contribution in [2.75, 3.05) is 19.8 Å². The Morgan fingerprint density at radius 1 is 1.20 bits per heavy atom. The van der Waals surface area contributed by atoms with Crippen LogP contribution in [0.25, 0.3) is 0 Å². The standard InChI is InChI=1S/C14H26N2O4/c1-5-8-9-14(4)12(17)16(13(18)15-14)10-11(19-6-2)20-7-3/h11H,5-10H2,1-4H3,(H,15,18). The lowest BCUT2D eigenvalue weighted by Crippen LogP contribution is -2.45. The average Bonchev–Trinajstić information content (AvgIpc) is 2.61. The van der Waals surface area contributed by atoms with Crippen molar-refractivity contribution in [1.82, 2.24) is 10.2 Å². The van der Waals surface area contributed by atoms with E-state index in [0.29, 0.717) is 19.6 Å². The topological polar surface area (TPSA) is 67.9 Å². The van der Waals surface area contributed by atoms with Gasteiger partial charge in [-0.1, -0.05) is 19.8 Å². The van der Waals surface area contributed by atoms with Crippen LogP contribution < -0.4 is 5.32 Å². The summed E-state index contributed by atoms with van der Waals surface area (Å²) in [5, 5.41) is 2.78. The van der Waals surface area contributed by atoms with E-state index >= 15 is 0 Å². The first kappa shape index (κ1) is 16.9. The zero-order valence-electron chi connectivity index (χ0n) is 12.9. The molecule has 0 aliphatic carbocycles. The van der Waals surface area contributed by atoms with Gasteiger partial charge in [0, 0.05) is 13.2 Å². The summed E-state index contributed by atoms with van der Waals surface area (Å²) in [5.74, 6) is -0.194. The first-order valence-electron chi connectivity index (χ1n) is 7.35. The fraction of sp³-hybridized carbons (Fsp3) is 0.857. The second kappa shape index (κ2) is 7.59. The predicted molar refractivity (Wildman–Crippen MR) is 75.2 cm³/mol. The maximum atomic E-state index is 12.4. The third-order valence-corrected chi connectivity index (χ3v) is 3.41. The van der Waals surface area contributed by atoms with Crippen LogP contribution in [0.4, 0.5) is 4.79 Å². The number of hydrogen-bond acceptors (Lipinski definition) is 4. The normalized spacial score (nSPS) is 22.8. The van der Waals surface area contributed by atoms with Gasteiger partial charge in [-0.05, 0) is 27.2 Å². The monoisotopic (exact) mass is 286 g/mol. The Bertz CT molecular complexity index is 342. The van der Waals surface area contributed by atoms with Gasteiger partial charge < -0.3 is 14.8 Å². The third kappa shape index (κ3) is 3.93. The molecule has 1 saturated heterocycles. The van der Waals surface area contributed by atoms with Crippen LogP contribution in [0.5, 0.6) is 0 Å². The van der Waals surface area contributed by atoms with E-state index in [2.05, 4.69) is 12.2 Å². The maximum Gasteiger partial charge on any atom is 0.325 e. The number of unbranched alkanes of at least 4 members (excludes halogenated alkanes) is 1. The molecule has 6 nitrogen and oxygen atoms in total. The van der Waals surface area contributed by atoms with Gasteiger partial charge in [0.25, 0.3) is 5.91 Å². The highest BCUT2D eigenvalue weighted by Gasteiger charge is 2.47. The number of amides is 3. The van der Waals surface area contributed by atoms with E-state index in [1.54, 1.807) is 6.92 Å². The lowest BCUT2D eigenvalue weighted by atomic mass is 9.95. The van der Waals surface area contributed by atoms with E-state index in [0.717, 1.165) is 12.8 Å². The van der Waals surface area contributed by atoms with Crippen LogP contribution in [0.15, 0.2) is 0 Å². The van der Waals surface area contributed by atoms with Crippen molar-refractivity contribution in [3.63, 3.8) is 0 Å². The first-order valence-corrected chi connectivity index (χ1v) is 7.35. The number of carbonyl (C=O) groups excluding carboxylic acids is 2. The minimum atomic E-state index is -0.796. The van der Waals surface area contributed by atoms with Crippen LogP contribution in [0.2, 0.25) is 0 Å². The molecule has 1 aliphatic heterocycles. The second-order valence-corrected chi connectivity index (χ2v) is 5.12. The number of urea groups is 1. The fourth-order valence-corrected chi connectivity index (χ4v) is 2.29. The molecule has 0 aromatic rings. The molecule has 1 unspecified atom stereocenters. The van der Waals surface area contributed by atoms with Gasteiger partial charge in [0.2, 0.25) is 0 Å². The van der Waals surface area contributed by atoms with Gasteiger partial charge in [-0.3, -0.25) is 9.69 Å². The Hall–Kier alpha value is -1.14. The number of nitrogens with zero attached hydrogens (tertiary/aromatic N) is 1. The third-order valence-electron chi connectivity index (χ3n) is 3.41. The predicted octanol–water partition coefficient (Wildman–Crippen LogP) is 1.89. The molecule has 1 aliphatic rings. The van der Waals surface area contributed by atoms with Crippen molar-refractivity contribution < 1.29 is 19.1 Å². The van der Waals surface area contributed by atoms with Gasteiger partial charge in [0.15, 0.2) is 6.29 Å². The van der Waals surface area contributed by atoms with Crippen LogP contribution in [0, 0.1) is 0 Å². The van der Waals surface area contributed by atoms with E-state index in [4.69, 9.17) is 9.47 Å². The number of hydrogen-bond donors (Lipinski definition) is 1. The van der Waals surface area contributed by atoms with Crippen molar-refractivity contribution in [1.29, 1.82) is 0 Å². The Morgan fingerprint density at radius 2 is 1.80 bits per heavy atom. The molecule has 0 bridgehead atoms. The van der Waals surface area contributed by atoms with Crippen LogP contribution in [-0.2, 0) is 14.3 Å². The first-order chi connectivity index (χ1) is 9.48. The van der Waals surface area contributed by atoms with E-state index in [-0.39, 0.29) is 18.5 Å². The largest absolute Gasteiger partial charge is 0.351 e. The van der Waals surface area contributed by atoms with Gasteiger partial charge in [-0.15, -0.1) is 0 Å².